The van der Waals surface area contributed by atoms with Gasteiger partial charge in [-0.3, -0.25) is 10.1 Å². The Bertz CT molecular complexity index is 211. The van der Waals surface area contributed by atoms with E-state index >= 15 is 0 Å². The SMILES string of the molecule is CCC1NC(C)N(CCCCSC)C1=O. The molecule has 2 atom stereocenters. The van der Waals surface area contributed by atoms with E-state index in [1.165, 1.54) is 12.2 Å². The van der Waals surface area contributed by atoms with Gasteiger partial charge in [0.1, 0.15) is 0 Å². The van der Waals surface area contributed by atoms with E-state index < -0.39 is 0 Å². The highest BCUT2D eigenvalue weighted by atomic mass is 32.2. The lowest BCUT2D eigenvalue weighted by molar-refractivity contribution is -0.129. The summed E-state index contributed by atoms with van der Waals surface area (Å²) in [4.78, 5) is 13.8. The molecule has 0 aliphatic carbocycles. The van der Waals surface area contributed by atoms with Crippen molar-refractivity contribution >= 4 is 17.7 Å². The smallest absolute Gasteiger partial charge is 0.240 e. The number of amides is 1. The van der Waals surface area contributed by atoms with Gasteiger partial charge in [-0.25, -0.2) is 0 Å². The lowest BCUT2D eigenvalue weighted by Crippen LogP contribution is -2.35. The maximum absolute atomic E-state index is 11.9. The standard InChI is InChI=1S/C11H22N2OS/c1-4-10-11(14)13(9(2)12-10)7-5-6-8-15-3/h9-10,12H,4-8H2,1-3H3. The lowest BCUT2D eigenvalue weighted by atomic mass is 10.2. The minimum absolute atomic E-state index is 0.0561. The third-order valence-electron chi connectivity index (χ3n) is 2.90. The van der Waals surface area contributed by atoms with Crippen molar-refractivity contribution < 1.29 is 4.79 Å². The largest absolute Gasteiger partial charge is 0.326 e. The van der Waals surface area contributed by atoms with E-state index in [0.29, 0.717) is 0 Å². The summed E-state index contributed by atoms with van der Waals surface area (Å²) in [6.45, 7) is 5.03. The third-order valence-corrected chi connectivity index (χ3v) is 3.59. The van der Waals surface area contributed by atoms with Gasteiger partial charge < -0.3 is 4.90 Å². The number of carbonyl (C=O) groups excluding carboxylic acids is 1. The van der Waals surface area contributed by atoms with E-state index in [-0.39, 0.29) is 18.1 Å². The average Bonchev–Trinajstić information content (AvgIpc) is 2.50. The Balaban J connectivity index is 2.31. The molecule has 4 heteroatoms. The van der Waals surface area contributed by atoms with Crippen LogP contribution in [-0.4, -0.2) is 41.6 Å². The number of carbonyl (C=O) groups is 1. The fraction of sp³-hybridized carbons (Fsp3) is 0.909. The Morgan fingerprint density at radius 2 is 2.20 bits per heavy atom. The monoisotopic (exact) mass is 230 g/mol. The van der Waals surface area contributed by atoms with Crippen molar-refractivity contribution in [2.45, 2.75) is 45.3 Å². The van der Waals surface area contributed by atoms with Crippen molar-refractivity contribution in [1.29, 1.82) is 0 Å². The van der Waals surface area contributed by atoms with E-state index in [2.05, 4.69) is 25.4 Å². The molecule has 1 heterocycles. The second kappa shape index (κ2) is 6.38. The quantitative estimate of drug-likeness (QED) is 0.705. The molecule has 0 bridgehead atoms. The Kier molecular flexibility index (Phi) is 5.47. The van der Waals surface area contributed by atoms with Crippen LogP contribution in [0.2, 0.25) is 0 Å². The zero-order valence-corrected chi connectivity index (χ0v) is 10.8. The molecule has 1 rings (SSSR count). The topological polar surface area (TPSA) is 32.3 Å². The van der Waals surface area contributed by atoms with E-state index in [9.17, 15) is 4.79 Å². The van der Waals surface area contributed by atoms with Crippen molar-refractivity contribution in [3.05, 3.63) is 0 Å². The van der Waals surface area contributed by atoms with Crippen molar-refractivity contribution in [2.24, 2.45) is 0 Å². The molecule has 1 amide bonds. The molecule has 3 nitrogen and oxygen atoms in total. The molecule has 0 aromatic heterocycles. The summed E-state index contributed by atoms with van der Waals surface area (Å²) >= 11 is 1.87. The van der Waals surface area contributed by atoms with Gasteiger partial charge in [-0.15, -0.1) is 0 Å². The summed E-state index contributed by atoms with van der Waals surface area (Å²) in [5.74, 6) is 1.48. The highest BCUT2D eigenvalue weighted by molar-refractivity contribution is 7.98. The zero-order valence-electron chi connectivity index (χ0n) is 9.95. The van der Waals surface area contributed by atoms with Crippen molar-refractivity contribution in [2.75, 3.05) is 18.6 Å². The van der Waals surface area contributed by atoms with Gasteiger partial charge in [0.2, 0.25) is 5.91 Å². The molecular weight excluding hydrogens is 208 g/mol. The molecule has 88 valence electrons. The molecule has 1 aliphatic rings. The minimum Gasteiger partial charge on any atom is -0.326 e. The predicted octanol–water partition coefficient (Wildman–Crippen LogP) is 1.69. The van der Waals surface area contributed by atoms with Crippen LogP contribution < -0.4 is 5.32 Å². The molecule has 0 saturated carbocycles. The summed E-state index contributed by atoms with van der Waals surface area (Å²) in [7, 11) is 0. The number of nitrogens with zero attached hydrogens (tertiary/aromatic N) is 1. The minimum atomic E-state index is 0.0561. The second-order valence-electron chi connectivity index (χ2n) is 4.04. The van der Waals surface area contributed by atoms with Crippen LogP contribution >= 0.6 is 11.8 Å². The summed E-state index contributed by atoms with van der Waals surface area (Å²) < 4.78 is 0. The number of unbranched alkanes of at least 4 members (excludes halogenated alkanes) is 1. The molecule has 1 aliphatic heterocycles. The first-order chi connectivity index (χ1) is 7.20. The molecule has 2 unspecified atom stereocenters. The van der Waals surface area contributed by atoms with Gasteiger partial charge in [-0.1, -0.05) is 6.92 Å². The van der Waals surface area contributed by atoms with Crippen molar-refractivity contribution in [3.8, 4) is 0 Å². The Morgan fingerprint density at radius 1 is 1.47 bits per heavy atom. The van der Waals surface area contributed by atoms with Crippen LogP contribution in [0.5, 0.6) is 0 Å². The molecule has 1 N–H and O–H groups in total. The Morgan fingerprint density at radius 3 is 2.73 bits per heavy atom. The lowest BCUT2D eigenvalue weighted by Gasteiger charge is -2.20. The molecule has 15 heavy (non-hydrogen) atoms. The second-order valence-corrected chi connectivity index (χ2v) is 5.02. The van der Waals surface area contributed by atoms with E-state index in [0.717, 1.165) is 19.4 Å². The number of rotatable bonds is 6. The van der Waals surface area contributed by atoms with E-state index in [1.807, 2.05) is 16.7 Å². The summed E-state index contributed by atoms with van der Waals surface area (Å²) in [5.41, 5.74) is 0. The van der Waals surface area contributed by atoms with Gasteiger partial charge in [0.15, 0.2) is 0 Å². The highest BCUT2D eigenvalue weighted by Gasteiger charge is 2.34. The number of hydrogen-bond donors (Lipinski definition) is 1. The first-order valence-corrected chi connectivity index (χ1v) is 7.15. The maximum Gasteiger partial charge on any atom is 0.240 e. The maximum atomic E-state index is 11.9. The van der Waals surface area contributed by atoms with Crippen molar-refractivity contribution in [3.63, 3.8) is 0 Å². The molecular formula is C11H22N2OS. The highest BCUT2D eigenvalue weighted by Crippen LogP contribution is 2.14. The van der Waals surface area contributed by atoms with Crippen LogP contribution in [0.4, 0.5) is 0 Å². The van der Waals surface area contributed by atoms with Crippen LogP contribution in [0.3, 0.4) is 0 Å². The van der Waals surface area contributed by atoms with Gasteiger partial charge >= 0.3 is 0 Å². The van der Waals surface area contributed by atoms with Gasteiger partial charge in [0.05, 0.1) is 12.2 Å². The summed E-state index contributed by atoms with van der Waals surface area (Å²) in [5, 5.41) is 3.32. The van der Waals surface area contributed by atoms with E-state index in [4.69, 9.17) is 0 Å². The van der Waals surface area contributed by atoms with Gasteiger partial charge in [-0.05, 0) is 38.2 Å². The predicted molar refractivity (Wildman–Crippen MR) is 66.0 cm³/mol. The normalized spacial score (nSPS) is 26.3. The molecule has 1 saturated heterocycles. The number of hydrogen-bond acceptors (Lipinski definition) is 3. The summed E-state index contributed by atoms with van der Waals surface area (Å²) in [6, 6.07) is 0.0561. The van der Waals surface area contributed by atoms with Crippen LogP contribution in [0.1, 0.15) is 33.1 Å². The van der Waals surface area contributed by atoms with Gasteiger partial charge in [-0.2, -0.15) is 11.8 Å². The number of thioether (sulfide) groups is 1. The van der Waals surface area contributed by atoms with Crippen LogP contribution in [0.15, 0.2) is 0 Å². The van der Waals surface area contributed by atoms with Crippen LogP contribution in [0, 0.1) is 0 Å². The van der Waals surface area contributed by atoms with Gasteiger partial charge in [0.25, 0.3) is 0 Å². The Labute approximate surface area is 97.0 Å². The van der Waals surface area contributed by atoms with Crippen LogP contribution in [0.25, 0.3) is 0 Å². The molecule has 0 spiro atoms. The molecule has 0 radical (unpaired) electrons. The zero-order chi connectivity index (χ0) is 11.3. The first kappa shape index (κ1) is 12.8. The fourth-order valence-corrected chi connectivity index (χ4v) is 2.46. The van der Waals surface area contributed by atoms with Gasteiger partial charge in [0, 0.05) is 6.54 Å². The fourth-order valence-electron chi connectivity index (χ4n) is 1.97. The molecule has 1 fully saturated rings. The van der Waals surface area contributed by atoms with E-state index in [1.54, 1.807) is 0 Å². The number of nitrogens with one attached hydrogen (secondary N) is 1. The average molecular weight is 230 g/mol. The molecule has 0 aromatic rings. The summed E-state index contributed by atoms with van der Waals surface area (Å²) in [6.07, 6.45) is 5.56. The van der Waals surface area contributed by atoms with Crippen LogP contribution in [-0.2, 0) is 4.79 Å². The molecule has 0 aromatic carbocycles. The first-order valence-electron chi connectivity index (χ1n) is 5.76. The van der Waals surface area contributed by atoms with Crippen molar-refractivity contribution in [1.82, 2.24) is 10.2 Å². The third kappa shape index (κ3) is 3.38. The Hall–Kier alpha value is -0.220.